The van der Waals surface area contributed by atoms with Crippen molar-refractivity contribution in [3.63, 3.8) is 0 Å². The van der Waals surface area contributed by atoms with Gasteiger partial charge < -0.3 is 19.7 Å². The lowest BCUT2D eigenvalue weighted by Gasteiger charge is -2.10. The first kappa shape index (κ1) is 14.4. The first-order valence-corrected chi connectivity index (χ1v) is 3.79. The number of rotatable bonds is 4. The standard InChI is InChI=1S/2C4H10O2/c1-5-3-4-6-2;1-4(2,6)3-5/h3-4H2,1-2H3;5-6H,3H2,1-2H3. The Morgan fingerprint density at radius 2 is 1.33 bits per heavy atom. The van der Waals surface area contributed by atoms with Gasteiger partial charge in [-0.2, -0.15) is 0 Å². The van der Waals surface area contributed by atoms with E-state index in [1.807, 2.05) is 0 Å². The SMILES string of the molecule is CC(C)(O)CO.COCCOC. The zero-order valence-corrected chi connectivity index (χ0v) is 8.33. The maximum atomic E-state index is 8.58. The van der Waals surface area contributed by atoms with Gasteiger partial charge in [0.05, 0.1) is 25.4 Å². The van der Waals surface area contributed by atoms with Gasteiger partial charge >= 0.3 is 0 Å². The van der Waals surface area contributed by atoms with Crippen LogP contribution < -0.4 is 0 Å². The minimum absolute atomic E-state index is 0.174. The van der Waals surface area contributed by atoms with E-state index in [-0.39, 0.29) is 6.61 Å². The fraction of sp³-hybridized carbons (Fsp3) is 1.00. The second kappa shape index (κ2) is 8.93. The Bertz CT molecular complexity index is 73.6. The Morgan fingerprint density at radius 3 is 1.42 bits per heavy atom. The molecule has 0 aliphatic rings. The summed E-state index contributed by atoms with van der Waals surface area (Å²) < 4.78 is 9.31. The van der Waals surface area contributed by atoms with Crippen LogP contribution in [0.15, 0.2) is 0 Å². The van der Waals surface area contributed by atoms with Gasteiger partial charge in [0.15, 0.2) is 0 Å². The van der Waals surface area contributed by atoms with Crippen molar-refractivity contribution in [1.29, 1.82) is 0 Å². The molecule has 4 nitrogen and oxygen atoms in total. The Kier molecular flexibility index (Phi) is 10.7. The summed E-state index contributed by atoms with van der Waals surface area (Å²) in [5.74, 6) is 0. The molecule has 0 radical (unpaired) electrons. The molecule has 0 aromatic carbocycles. The highest BCUT2D eigenvalue weighted by atomic mass is 16.5. The van der Waals surface area contributed by atoms with Crippen molar-refractivity contribution >= 4 is 0 Å². The molecule has 0 unspecified atom stereocenters. The summed E-state index contributed by atoms with van der Waals surface area (Å²) in [5, 5.41) is 16.7. The highest BCUT2D eigenvalue weighted by molar-refractivity contribution is 4.59. The van der Waals surface area contributed by atoms with Gasteiger partial charge in [0.1, 0.15) is 0 Å². The molecule has 12 heavy (non-hydrogen) atoms. The second-order valence-electron chi connectivity index (χ2n) is 2.96. The van der Waals surface area contributed by atoms with Crippen LogP contribution in [0.3, 0.4) is 0 Å². The molecule has 0 atom stereocenters. The molecule has 76 valence electrons. The summed E-state index contributed by atoms with van der Waals surface area (Å²) in [6.45, 7) is 4.31. The van der Waals surface area contributed by atoms with Crippen LogP contribution in [0.4, 0.5) is 0 Å². The van der Waals surface area contributed by atoms with Crippen LogP contribution in [-0.2, 0) is 9.47 Å². The number of hydrogen-bond acceptors (Lipinski definition) is 4. The van der Waals surface area contributed by atoms with Crippen molar-refractivity contribution in [2.45, 2.75) is 19.4 Å². The molecule has 0 amide bonds. The first-order valence-electron chi connectivity index (χ1n) is 3.79. The Morgan fingerprint density at radius 1 is 1.08 bits per heavy atom. The quantitative estimate of drug-likeness (QED) is 0.599. The molecular formula is C8H20O4. The van der Waals surface area contributed by atoms with Crippen molar-refractivity contribution in [3.8, 4) is 0 Å². The molecule has 0 saturated carbocycles. The van der Waals surface area contributed by atoms with E-state index in [4.69, 9.17) is 10.2 Å². The van der Waals surface area contributed by atoms with E-state index in [1.165, 1.54) is 0 Å². The molecule has 0 heterocycles. The molecule has 0 rings (SSSR count). The van der Waals surface area contributed by atoms with Gasteiger partial charge in [-0.1, -0.05) is 0 Å². The smallest absolute Gasteiger partial charge is 0.0821 e. The van der Waals surface area contributed by atoms with Gasteiger partial charge in [0.25, 0.3) is 0 Å². The highest BCUT2D eigenvalue weighted by Crippen LogP contribution is 1.95. The third-order valence-electron chi connectivity index (χ3n) is 0.879. The van der Waals surface area contributed by atoms with Crippen LogP contribution in [0.2, 0.25) is 0 Å². The van der Waals surface area contributed by atoms with Crippen LogP contribution in [-0.4, -0.2) is 49.9 Å². The van der Waals surface area contributed by atoms with Crippen LogP contribution in [0.25, 0.3) is 0 Å². The number of aliphatic hydroxyl groups excluding tert-OH is 1. The van der Waals surface area contributed by atoms with Gasteiger partial charge in [-0.05, 0) is 13.8 Å². The van der Waals surface area contributed by atoms with E-state index in [9.17, 15) is 0 Å². The third kappa shape index (κ3) is 22.5. The summed E-state index contributed by atoms with van der Waals surface area (Å²) in [5.41, 5.74) is -0.903. The molecule has 0 aromatic rings. The summed E-state index contributed by atoms with van der Waals surface area (Å²) in [6, 6.07) is 0. The zero-order valence-electron chi connectivity index (χ0n) is 8.33. The van der Waals surface area contributed by atoms with E-state index in [0.29, 0.717) is 13.2 Å². The summed E-state index contributed by atoms with van der Waals surface area (Å²) in [4.78, 5) is 0. The largest absolute Gasteiger partial charge is 0.393 e. The van der Waals surface area contributed by atoms with Crippen molar-refractivity contribution in [3.05, 3.63) is 0 Å². The van der Waals surface area contributed by atoms with Crippen LogP contribution >= 0.6 is 0 Å². The lowest BCUT2D eigenvalue weighted by atomic mass is 10.2. The average molecular weight is 180 g/mol. The molecule has 0 saturated heterocycles. The lowest BCUT2D eigenvalue weighted by Crippen LogP contribution is -2.23. The maximum Gasteiger partial charge on any atom is 0.0821 e. The average Bonchev–Trinajstić information content (AvgIpc) is 2.01. The molecule has 0 spiro atoms. The zero-order chi connectivity index (χ0) is 10.0. The maximum absolute atomic E-state index is 8.58. The van der Waals surface area contributed by atoms with Crippen molar-refractivity contribution in [2.24, 2.45) is 0 Å². The van der Waals surface area contributed by atoms with E-state index < -0.39 is 5.60 Å². The molecule has 0 bridgehead atoms. The van der Waals surface area contributed by atoms with E-state index in [2.05, 4.69) is 9.47 Å². The fourth-order valence-electron chi connectivity index (χ4n) is 0.167. The summed E-state index contributed by atoms with van der Waals surface area (Å²) in [7, 11) is 3.30. The van der Waals surface area contributed by atoms with Gasteiger partial charge in [-0.15, -0.1) is 0 Å². The molecule has 0 fully saturated rings. The minimum Gasteiger partial charge on any atom is -0.393 e. The first-order chi connectivity index (χ1) is 5.47. The molecule has 2 N–H and O–H groups in total. The second-order valence-corrected chi connectivity index (χ2v) is 2.96. The lowest BCUT2D eigenvalue weighted by molar-refractivity contribution is 0.0183. The third-order valence-corrected chi connectivity index (χ3v) is 0.879. The number of ether oxygens (including phenoxy) is 2. The monoisotopic (exact) mass is 180 g/mol. The number of hydrogen-bond donors (Lipinski definition) is 2. The van der Waals surface area contributed by atoms with E-state index in [1.54, 1.807) is 28.1 Å². The van der Waals surface area contributed by atoms with Crippen LogP contribution in [0.1, 0.15) is 13.8 Å². The van der Waals surface area contributed by atoms with Crippen molar-refractivity contribution in [1.82, 2.24) is 0 Å². The molecule has 0 aliphatic heterocycles. The van der Waals surface area contributed by atoms with E-state index >= 15 is 0 Å². The Balaban J connectivity index is 0. The normalized spacial score (nSPS) is 10.5. The number of aliphatic hydroxyl groups is 2. The Hall–Kier alpha value is -0.160. The summed E-state index contributed by atoms with van der Waals surface area (Å²) in [6.07, 6.45) is 0. The van der Waals surface area contributed by atoms with Crippen LogP contribution in [0, 0.1) is 0 Å². The highest BCUT2D eigenvalue weighted by Gasteiger charge is 2.07. The molecular weight excluding hydrogens is 160 g/mol. The van der Waals surface area contributed by atoms with Gasteiger partial charge in [-0.3, -0.25) is 0 Å². The minimum atomic E-state index is -0.903. The molecule has 0 aromatic heterocycles. The van der Waals surface area contributed by atoms with E-state index in [0.717, 1.165) is 0 Å². The van der Waals surface area contributed by atoms with Crippen molar-refractivity contribution in [2.75, 3.05) is 34.0 Å². The predicted octanol–water partition coefficient (Wildman–Crippen LogP) is 0.0288. The molecule has 4 heteroatoms. The van der Waals surface area contributed by atoms with Crippen molar-refractivity contribution < 1.29 is 19.7 Å². The fourth-order valence-corrected chi connectivity index (χ4v) is 0.167. The van der Waals surface area contributed by atoms with Gasteiger partial charge in [0, 0.05) is 14.2 Å². The molecule has 0 aliphatic carbocycles. The topological polar surface area (TPSA) is 58.9 Å². The Labute approximate surface area is 74.1 Å². The summed E-state index contributed by atoms with van der Waals surface area (Å²) >= 11 is 0. The van der Waals surface area contributed by atoms with Crippen LogP contribution in [0.5, 0.6) is 0 Å². The number of methoxy groups -OCH3 is 2. The van der Waals surface area contributed by atoms with Gasteiger partial charge in [-0.25, -0.2) is 0 Å². The van der Waals surface area contributed by atoms with Gasteiger partial charge in [0.2, 0.25) is 0 Å². The predicted molar refractivity (Wildman–Crippen MR) is 47.1 cm³/mol.